The number of piperazine rings is 1. The van der Waals surface area contributed by atoms with Gasteiger partial charge in [-0.05, 0) is 43.2 Å². The topological polar surface area (TPSA) is 62.7 Å². The van der Waals surface area contributed by atoms with Crippen molar-refractivity contribution in [1.82, 2.24) is 14.8 Å². The van der Waals surface area contributed by atoms with Gasteiger partial charge in [0.05, 0.1) is 22.3 Å². The number of hydrogen-bond donors (Lipinski definition) is 0. The van der Waals surface area contributed by atoms with Crippen molar-refractivity contribution in [1.29, 1.82) is 0 Å². The van der Waals surface area contributed by atoms with Crippen LogP contribution in [0.4, 0.5) is 0 Å². The Kier molecular flexibility index (Phi) is 6.28. The molecule has 1 fully saturated rings. The zero-order valence-corrected chi connectivity index (χ0v) is 17.9. The van der Waals surface area contributed by atoms with Crippen molar-refractivity contribution in [2.75, 3.05) is 33.3 Å². The second kappa shape index (κ2) is 9.26. The van der Waals surface area contributed by atoms with E-state index in [0.717, 1.165) is 23.4 Å². The highest BCUT2D eigenvalue weighted by Crippen LogP contribution is 2.23. The molecule has 6 nitrogen and oxygen atoms in total. The van der Waals surface area contributed by atoms with Crippen LogP contribution in [0.3, 0.4) is 0 Å². The van der Waals surface area contributed by atoms with Gasteiger partial charge in [0.25, 0.3) is 5.91 Å². The number of thiazole rings is 1. The van der Waals surface area contributed by atoms with Gasteiger partial charge in [0, 0.05) is 38.2 Å². The molecule has 0 radical (unpaired) electrons. The van der Waals surface area contributed by atoms with Crippen LogP contribution >= 0.6 is 11.3 Å². The Balaban J connectivity index is 1.24. The third-order valence-electron chi connectivity index (χ3n) is 5.36. The highest BCUT2D eigenvalue weighted by atomic mass is 32.1. The molecule has 1 aliphatic rings. The predicted octanol–water partition coefficient (Wildman–Crippen LogP) is 3.61. The van der Waals surface area contributed by atoms with Crippen molar-refractivity contribution in [2.45, 2.75) is 19.3 Å². The van der Waals surface area contributed by atoms with Crippen LogP contribution in [0.25, 0.3) is 10.2 Å². The maximum Gasteiger partial charge on any atom is 0.254 e. The number of aryl methyl sites for hydroxylation is 1. The van der Waals surface area contributed by atoms with Crippen LogP contribution in [0, 0.1) is 0 Å². The Morgan fingerprint density at radius 1 is 1.03 bits per heavy atom. The van der Waals surface area contributed by atoms with Crippen LogP contribution in [0.15, 0.2) is 48.5 Å². The molecule has 0 saturated carbocycles. The summed E-state index contributed by atoms with van der Waals surface area (Å²) < 4.78 is 6.39. The number of para-hydroxylation sites is 1. The molecule has 2 aromatic carbocycles. The Bertz CT molecular complexity index is 1010. The molecular weight excluding hydrogens is 398 g/mol. The zero-order valence-electron chi connectivity index (χ0n) is 17.0. The summed E-state index contributed by atoms with van der Waals surface area (Å²) in [6.45, 7) is 2.27. The Morgan fingerprint density at radius 2 is 1.80 bits per heavy atom. The van der Waals surface area contributed by atoms with Crippen LogP contribution in [-0.2, 0) is 11.2 Å². The number of fused-ring (bicyclic) bond motifs is 1. The van der Waals surface area contributed by atoms with Crippen molar-refractivity contribution in [2.24, 2.45) is 0 Å². The minimum absolute atomic E-state index is 0.0168. The third kappa shape index (κ3) is 4.62. The van der Waals surface area contributed by atoms with E-state index in [1.165, 1.54) is 4.70 Å². The summed E-state index contributed by atoms with van der Waals surface area (Å²) in [5, 5.41) is 1.08. The Hall–Kier alpha value is -2.93. The van der Waals surface area contributed by atoms with Crippen molar-refractivity contribution in [3.8, 4) is 5.75 Å². The fourth-order valence-electron chi connectivity index (χ4n) is 3.67. The van der Waals surface area contributed by atoms with Gasteiger partial charge in [-0.2, -0.15) is 0 Å². The maximum absolute atomic E-state index is 12.7. The Labute approximate surface area is 180 Å². The minimum atomic E-state index is -0.0168. The van der Waals surface area contributed by atoms with E-state index in [-0.39, 0.29) is 11.8 Å². The van der Waals surface area contributed by atoms with Gasteiger partial charge in [-0.15, -0.1) is 11.3 Å². The summed E-state index contributed by atoms with van der Waals surface area (Å²) >= 11 is 1.70. The molecule has 156 valence electrons. The summed E-state index contributed by atoms with van der Waals surface area (Å²) in [6, 6.07) is 15.3. The summed E-state index contributed by atoms with van der Waals surface area (Å²) in [5.41, 5.74) is 1.64. The minimum Gasteiger partial charge on any atom is -0.497 e. The highest BCUT2D eigenvalue weighted by Gasteiger charge is 2.24. The first-order valence-corrected chi connectivity index (χ1v) is 11.0. The molecule has 0 aliphatic carbocycles. The first-order chi connectivity index (χ1) is 14.6. The maximum atomic E-state index is 12.7. The van der Waals surface area contributed by atoms with E-state index in [4.69, 9.17) is 4.74 Å². The number of rotatable bonds is 6. The largest absolute Gasteiger partial charge is 0.497 e. The second-order valence-corrected chi connectivity index (χ2v) is 8.45. The van der Waals surface area contributed by atoms with Gasteiger partial charge in [0.2, 0.25) is 5.91 Å². The van der Waals surface area contributed by atoms with Crippen molar-refractivity contribution >= 4 is 33.4 Å². The fraction of sp³-hybridized carbons (Fsp3) is 0.348. The van der Waals surface area contributed by atoms with E-state index in [1.54, 1.807) is 35.5 Å². The standard InChI is InChI=1S/C23H25N3O3S/c1-29-18-7-4-6-17(16-18)23(28)26-14-12-25(13-15-26)22(27)11-5-10-21-24-19-8-2-3-9-20(19)30-21/h2-4,6-9,16H,5,10-15H2,1H3. The molecule has 1 aromatic heterocycles. The average Bonchev–Trinajstić information content (AvgIpc) is 3.21. The number of carbonyl (C=O) groups excluding carboxylic acids is 2. The number of carbonyl (C=O) groups is 2. The van der Waals surface area contributed by atoms with Crippen molar-refractivity contribution in [3.63, 3.8) is 0 Å². The van der Waals surface area contributed by atoms with Gasteiger partial charge < -0.3 is 14.5 Å². The van der Waals surface area contributed by atoms with Crippen LogP contribution < -0.4 is 4.74 Å². The van der Waals surface area contributed by atoms with Gasteiger partial charge in [0.1, 0.15) is 5.75 Å². The lowest BCUT2D eigenvalue weighted by atomic mass is 10.1. The Morgan fingerprint density at radius 3 is 2.57 bits per heavy atom. The number of ether oxygens (including phenoxy) is 1. The number of nitrogens with zero attached hydrogens (tertiary/aromatic N) is 3. The SMILES string of the molecule is COc1cccc(C(=O)N2CCN(C(=O)CCCc3nc4ccccc4s3)CC2)c1. The molecule has 7 heteroatoms. The zero-order chi connectivity index (χ0) is 20.9. The molecule has 1 aliphatic heterocycles. The van der Waals surface area contributed by atoms with Gasteiger partial charge in [-0.25, -0.2) is 4.98 Å². The van der Waals surface area contributed by atoms with Crippen LogP contribution in [0.1, 0.15) is 28.2 Å². The summed E-state index contributed by atoms with van der Waals surface area (Å²) in [5.74, 6) is 0.809. The number of benzene rings is 2. The molecule has 0 N–H and O–H groups in total. The molecule has 4 rings (SSSR count). The van der Waals surface area contributed by atoms with Gasteiger partial charge in [0.15, 0.2) is 0 Å². The molecule has 0 spiro atoms. The fourth-order valence-corrected chi connectivity index (χ4v) is 4.68. The molecule has 1 saturated heterocycles. The lowest BCUT2D eigenvalue weighted by Gasteiger charge is -2.35. The van der Waals surface area contributed by atoms with E-state index in [9.17, 15) is 9.59 Å². The number of methoxy groups -OCH3 is 1. The number of aromatic nitrogens is 1. The molecule has 0 unspecified atom stereocenters. The number of amides is 2. The molecule has 3 aromatic rings. The van der Waals surface area contributed by atoms with Gasteiger partial charge >= 0.3 is 0 Å². The summed E-state index contributed by atoms with van der Waals surface area (Å²) in [4.78, 5) is 33.6. The van der Waals surface area contributed by atoms with Gasteiger partial charge in [-0.3, -0.25) is 9.59 Å². The monoisotopic (exact) mass is 423 g/mol. The average molecular weight is 424 g/mol. The van der Waals surface area contributed by atoms with E-state index in [1.807, 2.05) is 35.2 Å². The van der Waals surface area contributed by atoms with Crippen molar-refractivity contribution in [3.05, 3.63) is 59.1 Å². The van der Waals surface area contributed by atoms with E-state index < -0.39 is 0 Å². The number of hydrogen-bond acceptors (Lipinski definition) is 5. The summed E-state index contributed by atoms with van der Waals surface area (Å²) in [6.07, 6.45) is 2.13. The van der Waals surface area contributed by atoms with Crippen LogP contribution in [-0.4, -0.2) is 59.9 Å². The molecule has 2 amide bonds. The van der Waals surface area contributed by atoms with E-state index in [0.29, 0.717) is 43.9 Å². The molecule has 0 bridgehead atoms. The predicted molar refractivity (Wildman–Crippen MR) is 118 cm³/mol. The van der Waals surface area contributed by atoms with E-state index >= 15 is 0 Å². The van der Waals surface area contributed by atoms with Crippen molar-refractivity contribution < 1.29 is 14.3 Å². The summed E-state index contributed by atoms with van der Waals surface area (Å²) in [7, 11) is 1.59. The van der Waals surface area contributed by atoms with Gasteiger partial charge in [-0.1, -0.05) is 18.2 Å². The van der Waals surface area contributed by atoms with E-state index in [2.05, 4.69) is 11.1 Å². The van der Waals surface area contributed by atoms with Crippen LogP contribution in [0.5, 0.6) is 5.75 Å². The second-order valence-electron chi connectivity index (χ2n) is 7.33. The lowest BCUT2D eigenvalue weighted by molar-refractivity contribution is -0.132. The molecular formula is C23H25N3O3S. The third-order valence-corrected chi connectivity index (χ3v) is 6.45. The first kappa shape index (κ1) is 20.3. The lowest BCUT2D eigenvalue weighted by Crippen LogP contribution is -2.50. The molecule has 30 heavy (non-hydrogen) atoms. The first-order valence-electron chi connectivity index (χ1n) is 10.2. The van der Waals surface area contributed by atoms with Crippen LogP contribution in [0.2, 0.25) is 0 Å². The quantitative estimate of drug-likeness (QED) is 0.608. The molecule has 0 atom stereocenters. The smallest absolute Gasteiger partial charge is 0.254 e. The normalized spacial score (nSPS) is 14.2. The highest BCUT2D eigenvalue weighted by molar-refractivity contribution is 7.18. The molecule has 2 heterocycles.